The van der Waals surface area contributed by atoms with Crippen molar-refractivity contribution in [2.75, 3.05) is 0 Å². The average Bonchev–Trinajstić information content (AvgIpc) is 2.67. The normalized spacial score (nSPS) is 26.4. The minimum absolute atomic E-state index is 0.174. The highest BCUT2D eigenvalue weighted by Gasteiger charge is 2.22. The molecule has 1 fully saturated rings. The highest BCUT2D eigenvalue weighted by molar-refractivity contribution is 5.21. The highest BCUT2D eigenvalue weighted by Crippen LogP contribution is 2.26. The number of halogens is 1. The predicted molar refractivity (Wildman–Crippen MR) is 55.5 cm³/mol. The van der Waals surface area contributed by atoms with E-state index in [0.29, 0.717) is 12.1 Å². The minimum Gasteiger partial charge on any atom is -0.304 e. The van der Waals surface area contributed by atoms with Gasteiger partial charge in [0.25, 0.3) is 0 Å². The van der Waals surface area contributed by atoms with Crippen molar-refractivity contribution in [3.8, 4) is 0 Å². The van der Waals surface area contributed by atoms with Crippen LogP contribution in [0.1, 0.15) is 24.4 Å². The second-order valence-electron chi connectivity index (χ2n) is 3.69. The standard InChI is InChI=1S/C12H14FN/c1-2-11-7-8-12(14-11)9-3-5-10(13)6-4-9/h2-6,11-12,14H,1,7-8H2/t11-,12-/m1/s1. The molecule has 0 spiro atoms. The third-order valence-corrected chi connectivity index (χ3v) is 2.74. The largest absolute Gasteiger partial charge is 0.304 e. The molecule has 1 aromatic rings. The summed E-state index contributed by atoms with van der Waals surface area (Å²) in [6.45, 7) is 3.76. The first kappa shape index (κ1) is 9.41. The third kappa shape index (κ3) is 1.85. The zero-order chi connectivity index (χ0) is 9.97. The zero-order valence-electron chi connectivity index (χ0n) is 8.04. The van der Waals surface area contributed by atoms with Gasteiger partial charge in [-0.1, -0.05) is 18.2 Å². The van der Waals surface area contributed by atoms with E-state index in [-0.39, 0.29) is 5.82 Å². The van der Waals surface area contributed by atoms with E-state index < -0.39 is 0 Å². The molecule has 2 rings (SSSR count). The Labute approximate surface area is 83.6 Å². The number of benzene rings is 1. The van der Waals surface area contributed by atoms with Gasteiger partial charge < -0.3 is 5.32 Å². The predicted octanol–water partition coefficient (Wildman–Crippen LogP) is 2.80. The molecule has 0 amide bonds. The molecule has 14 heavy (non-hydrogen) atoms. The Morgan fingerprint density at radius 3 is 2.57 bits per heavy atom. The molecule has 0 unspecified atom stereocenters. The first-order valence-corrected chi connectivity index (χ1v) is 4.93. The average molecular weight is 191 g/mol. The highest BCUT2D eigenvalue weighted by atomic mass is 19.1. The van der Waals surface area contributed by atoms with Gasteiger partial charge in [0.05, 0.1) is 0 Å². The molecular formula is C12H14FN. The lowest BCUT2D eigenvalue weighted by Gasteiger charge is -2.11. The van der Waals surface area contributed by atoms with Crippen molar-refractivity contribution in [2.24, 2.45) is 0 Å². The van der Waals surface area contributed by atoms with Gasteiger partial charge in [0.1, 0.15) is 5.82 Å². The Hall–Kier alpha value is -1.15. The summed E-state index contributed by atoms with van der Waals surface area (Å²) < 4.78 is 12.7. The van der Waals surface area contributed by atoms with Crippen molar-refractivity contribution in [2.45, 2.75) is 24.9 Å². The van der Waals surface area contributed by atoms with Crippen molar-refractivity contribution in [3.63, 3.8) is 0 Å². The van der Waals surface area contributed by atoms with Crippen LogP contribution in [-0.4, -0.2) is 6.04 Å². The van der Waals surface area contributed by atoms with Crippen LogP contribution in [0.15, 0.2) is 36.9 Å². The van der Waals surface area contributed by atoms with Crippen molar-refractivity contribution >= 4 is 0 Å². The summed E-state index contributed by atoms with van der Waals surface area (Å²) in [7, 11) is 0. The Bertz CT molecular complexity index is 318. The fraction of sp³-hybridized carbons (Fsp3) is 0.333. The number of rotatable bonds is 2. The molecule has 0 aromatic heterocycles. The summed E-state index contributed by atoms with van der Waals surface area (Å²) in [5.74, 6) is -0.174. The zero-order valence-corrected chi connectivity index (χ0v) is 8.04. The summed E-state index contributed by atoms with van der Waals surface area (Å²) in [6.07, 6.45) is 4.15. The van der Waals surface area contributed by atoms with Crippen LogP contribution in [0.5, 0.6) is 0 Å². The smallest absolute Gasteiger partial charge is 0.123 e. The van der Waals surface area contributed by atoms with E-state index in [9.17, 15) is 4.39 Å². The van der Waals surface area contributed by atoms with Crippen molar-refractivity contribution in [1.82, 2.24) is 5.32 Å². The van der Waals surface area contributed by atoms with E-state index in [2.05, 4.69) is 11.9 Å². The van der Waals surface area contributed by atoms with Crippen molar-refractivity contribution in [3.05, 3.63) is 48.3 Å². The first-order chi connectivity index (χ1) is 6.79. The van der Waals surface area contributed by atoms with Gasteiger partial charge in [0, 0.05) is 12.1 Å². The van der Waals surface area contributed by atoms with Gasteiger partial charge in [-0.15, -0.1) is 6.58 Å². The number of nitrogens with one attached hydrogen (secondary N) is 1. The molecule has 1 nitrogen and oxygen atoms in total. The summed E-state index contributed by atoms with van der Waals surface area (Å²) >= 11 is 0. The monoisotopic (exact) mass is 191 g/mol. The maximum absolute atomic E-state index is 12.7. The van der Waals surface area contributed by atoms with E-state index >= 15 is 0 Å². The molecule has 0 bridgehead atoms. The second kappa shape index (κ2) is 3.93. The van der Waals surface area contributed by atoms with Crippen molar-refractivity contribution in [1.29, 1.82) is 0 Å². The molecule has 1 aliphatic heterocycles. The SMILES string of the molecule is C=C[C@@H]1CC[C@H](c2ccc(F)cc2)N1. The van der Waals surface area contributed by atoms with Crippen LogP contribution >= 0.6 is 0 Å². The van der Waals surface area contributed by atoms with Crippen molar-refractivity contribution < 1.29 is 4.39 Å². The van der Waals surface area contributed by atoms with E-state index in [1.165, 1.54) is 12.1 Å². The molecule has 1 N–H and O–H groups in total. The summed E-state index contributed by atoms with van der Waals surface area (Å²) in [5, 5.41) is 3.44. The van der Waals surface area contributed by atoms with Gasteiger partial charge in [-0.2, -0.15) is 0 Å². The third-order valence-electron chi connectivity index (χ3n) is 2.74. The molecule has 1 heterocycles. The van der Waals surface area contributed by atoms with E-state index in [1.54, 1.807) is 0 Å². The molecular weight excluding hydrogens is 177 g/mol. The van der Waals surface area contributed by atoms with E-state index in [4.69, 9.17) is 0 Å². The Morgan fingerprint density at radius 1 is 1.29 bits per heavy atom. The van der Waals surface area contributed by atoms with E-state index in [1.807, 2.05) is 18.2 Å². The minimum atomic E-state index is -0.174. The lowest BCUT2D eigenvalue weighted by Crippen LogP contribution is -2.21. The lowest BCUT2D eigenvalue weighted by molar-refractivity contribution is 0.603. The van der Waals surface area contributed by atoms with Crippen LogP contribution in [-0.2, 0) is 0 Å². The second-order valence-corrected chi connectivity index (χ2v) is 3.69. The molecule has 0 aliphatic carbocycles. The van der Waals surface area contributed by atoms with Gasteiger partial charge in [0.15, 0.2) is 0 Å². The van der Waals surface area contributed by atoms with E-state index in [0.717, 1.165) is 18.4 Å². The Morgan fingerprint density at radius 2 is 2.00 bits per heavy atom. The van der Waals surface area contributed by atoms with Crippen LogP contribution in [0.4, 0.5) is 4.39 Å². The lowest BCUT2D eigenvalue weighted by atomic mass is 10.1. The molecule has 0 saturated carbocycles. The maximum atomic E-state index is 12.7. The molecule has 1 aromatic carbocycles. The van der Waals surface area contributed by atoms with Crippen LogP contribution in [0.3, 0.4) is 0 Å². The topological polar surface area (TPSA) is 12.0 Å². The fourth-order valence-corrected chi connectivity index (χ4v) is 1.92. The summed E-state index contributed by atoms with van der Waals surface area (Å²) in [6, 6.07) is 7.48. The van der Waals surface area contributed by atoms with Gasteiger partial charge in [-0.3, -0.25) is 0 Å². The van der Waals surface area contributed by atoms with Crippen LogP contribution < -0.4 is 5.32 Å². The van der Waals surface area contributed by atoms with Gasteiger partial charge in [0.2, 0.25) is 0 Å². The summed E-state index contributed by atoms with van der Waals surface area (Å²) in [5.41, 5.74) is 1.16. The number of hydrogen-bond donors (Lipinski definition) is 1. The fourth-order valence-electron chi connectivity index (χ4n) is 1.92. The summed E-state index contributed by atoms with van der Waals surface area (Å²) in [4.78, 5) is 0. The van der Waals surface area contributed by atoms with Gasteiger partial charge in [-0.25, -0.2) is 4.39 Å². The molecule has 2 heteroatoms. The molecule has 2 atom stereocenters. The number of hydrogen-bond acceptors (Lipinski definition) is 1. The van der Waals surface area contributed by atoms with Gasteiger partial charge >= 0.3 is 0 Å². The maximum Gasteiger partial charge on any atom is 0.123 e. The Kier molecular flexibility index (Phi) is 2.64. The quantitative estimate of drug-likeness (QED) is 0.709. The molecule has 0 radical (unpaired) electrons. The Balaban J connectivity index is 2.09. The van der Waals surface area contributed by atoms with Crippen LogP contribution in [0.25, 0.3) is 0 Å². The molecule has 1 aliphatic rings. The molecule has 74 valence electrons. The van der Waals surface area contributed by atoms with Crippen LogP contribution in [0.2, 0.25) is 0 Å². The van der Waals surface area contributed by atoms with Crippen LogP contribution in [0, 0.1) is 5.82 Å². The van der Waals surface area contributed by atoms with Gasteiger partial charge in [-0.05, 0) is 30.5 Å². The first-order valence-electron chi connectivity index (χ1n) is 4.93. The molecule has 1 saturated heterocycles.